The van der Waals surface area contributed by atoms with Gasteiger partial charge in [0.2, 0.25) is 0 Å². The number of thiophene rings is 1. The number of hydrogen-bond donors (Lipinski definition) is 1. The number of anilines is 2. The van der Waals surface area contributed by atoms with Crippen molar-refractivity contribution in [2.75, 3.05) is 5.32 Å². The number of rotatable bonds is 3. The van der Waals surface area contributed by atoms with E-state index < -0.39 is 0 Å². The molecule has 4 rings (SSSR count). The second-order valence-electron chi connectivity index (χ2n) is 7.51. The van der Waals surface area contributed by atoms with Crippen LogP contribution in [0.1, 0.15) is 26.3 Å². The number of nitrogens with one attached hydrogen (secondary N) is 1. The molecule has 0 spiro atoms. The van der Waals surface area contributed by atoms with E-state index in [1.807, 2.05) is 24.3 Å². The van der Waals surface area contributed by atoms with Crippen LogP contribution in [0, 0.1) is 0 Å². The monoisotopic (exact) mass is 393 g/mol. The Morgan fingerprint density at radius 1 is 0.926 bits per heavy atom. The third-order valence-electron chi connectivity index (χ3n) is 4.54. The molecule has 4 aromatic rings. The molecule has 0 aliphatic heterocycles. The fraction of sp³-hybridized carbons (Fsp3) is 0.182. The van der Waals surface area contributed by atoms with Crippen molar-refractivity contribution in [1.29, 1.82) is 0 Å². The van der Waals surface area contributed by atoms with E-state index in [1.54, 1.807) is 17.7 Å². The summed E-state index contributed by atoms with van der Waals surface area (Å²) in [5.74, 6) is 0.815. The number of halogens is 1. The van der Waals surface area contributed by atoms with E-state index in [0.717, 1.165) is 37.9 Å². The van der Waals surface area contributed by atoms with Crippen LogP contribution >= 0.6 is 22.9 Å². The molecule has 0 bridgehead atoms. The Hall–Kier alpha value is -2.43. The zero-order valence-electron chi connectivity index (χ0n) is 15.5. The standard InChI is InChI=1S/C22H20ClN3S/c1-22(2,3)15-6-10-17(11-7-15)26-20-19-18(12-27-21(19)25-13-24-20)14-4-8-16(23)9-5-14/h4-13H,1-3H3,(H,24,25,26). The maximum Gasteiger partial charge on any atom is 0.143 e. The van der Waals surface area contributed by atoms with Gasteiger partial charge in [-0.15, -0.1) is 11.3 Å². The maximum absolute atomic E-state index is 6.04. The first-order valence-corrected chi connectivity index (χ1v) is 10.0. The first kappa shape index (κ1) is 18.0. The lowest BCUT2D eigenvalue weighted by atomic mass is 9.87. The number of fused-ring (bicyclic) bond motifs is 1. The molecular weight excluding hydrogens is 374 g/mol. The van der Waals surface area contributed by atoms with Crippen molar-refractivity contribution in [3.63, 3.8) is 0 Å². The first-order chi connectivity index (χ1) is 12.9. The third kappa shape index (κ3) is 3.68. The lowest BCUT2D eigenvalue weighted by molar-refractivity contribution is 0.590. The van der Waals surface area contributed by atoms with E-state index in [4.69, 9.17) is 11.6 Å². The van der Waals surface area contributed by atoms with Crippen molar-refractivity contribution >= 4 is 44.7 Å². The van der Waals surface area contributed by atoms with Gasteiger partial charge in [-0.25, -0.2) is 9.97 Å². The van der Waals surface area contributed by atoms with Gasteiger partial charge in [0.15, 0.2) is 0 Å². The molecule has 0 fully saturated rings. The molecule has 0 saturated heterocycles. The van der Waals surface area contributed by atoms with Crippen LogP contribution < -0.4 is 5.32 Å². The fourth-order valence-electron chi connectivity index (χ4n) is 3.00. The van der Waals surface area contributed by atoms with E-state index in [0.29, 0.717) is 0 Å². The Kier molecular flexibility index (Phi) is 4.62. The second-order valence-corrected chi connectivity index (χ2v) is 8.81. The normalized spacial score (nSPS) is 11.7. The minimum absolute atomic E-state index is 0.135. The molecule has 1 N–H and O–H groups in total. The molecule has 0 aliphatic carbocycles. The summed E-state index contributed by atoms with van der Waals surface area (Å²) < 4.78 is 0. The zero-order chi connectivity index (χ0) is 19.0. The lowest BCUT2D eigenvalue weighted by Crippen LogP contribution is -2.10. The van der Waals surface area contributed by atoms with Crippen LogP contribution in [0.15, 0.2) is 60.2 Å². The van der Waals surface area contributed by atoms with Crippen molar-refractivity contribution in [2.45, 2.75) is 26.2 Å². The highest BCUT2D eigenvalue weighted by atomic mass is 35.5. The summed E-state index contributed by atoms with van der Waals surface area (Å²) in [5.41, 5.74) is 4.66. The van der Waals surface area contributed by atoms with E-state index in [9.17, 15) is 0 Å². The largest absolute Gasteiger partial charge is 0.340 e. The van der Waals surface area contributed by atoms with E-state index >= 15 is 0 Å². The smallest absolute Gasteiger partial charge is 0.143 e. The van der Waals surface area contributed by atoms with Gasteiger partial charge in [0.05, 0.1) is 5.39 Å². The molecule has 0 saturated carbocycles. The highest BCUT2D eigenvalue weighted by molar-refractivity contribution is 7.17. The third-order valence-corrected chi connectivity index (χ3v) is 5.68. The van der Waals surface area contributed by atoms with E-state index in [1.165, 1.54) is 5.56 Å². The lowest BCUT2D eigenvalue weighted by Gasteiger charge is -2.19. The van der Waals surface area contributed by atoms with Crippen molar-refractivity contribution in [3.05, 3.63) is 70.8 Å². The number of hydrogen-bond acceptors (Lipinski definition) is 4. The summed E-state index contributed by atoms with van der Waals surface area (Å²) >= 11 is 7.66. The van der Waals surface area contributed by atoms with Gasteiger partial charge < -0.3 is 5.32 Å². The van der Waals surface area contributed by atoms with Crippen molar-refractivity contribution in [2.24, 2.45) is 0 Å². The van der Waals surface area contributed by atoms with Crippen LogP contribution in [0.4, 0.5) is 11.5 Å². The van der Waals surface area contributed by atoms with Gasteiger partial charge in [-0.05, 0) is 40.8 Å². The zero-order valence-corrected chi connectivity index (χ0v) is 17.0. The van der Waals surface area contributed by atoms with Crippen LogP contribution in [-0.4, -0.2) is 9.97 Å². The Morgan fingerprint density at radius 2 is 1.63 bits per heavy atom. The van der Waals surface area contributed by atoms with Crippen molar-refractivity contribution in [1.82, 2.24) is 9.97 Å². The molecule has 0 aliphatic rings. The van der Waals surface area contributed by atoms with Crippen molar-refractivity contribution < 1.29 is 0 Å². The van der Waals surface area contributed by atoms with Crippen molar-refractivity contribution in [3.8, 4) is 11.1 Å². The van der Waals surface area contributed by atoms with Gasteiger partial charge in [0, 0.05) is 21.7 Å². The minimum Gasteiger partial charge on any atom is -0.340 e. The topological polar surface area (TPSA) is 37.8 Å². The molecule has 5 heteroatoms. The van der Waals surface area contributed by atoms with Gasteiger partial charge in [-0.1, -0.05) is 56.6 Å². The van der Waals surface area contributed by atoms with Crippen LogP contribution in [0.2, 0.25) is 5.02 Å². The molecule has 0 amide bonds. The highest BCUT2D eigenvalue weighted by Gasteiger charge is 2.15. The average molecular weight is 394 g/mol. The predicted octanol–water partition coefficient (Wildman–Crippen LogP) is 7.05. The second kappa shape index (κ2) is 6.95. The Balaban J connectivity index is 1.74. The van der Waals surface area contributed by atoms with Gasteiger partial charge in [-0.2, -0.15) is 0 Å². The summed E-state index contributed by atoms with van der Waals surface area (Å²) in [7, 11) is 0. The number of benzene rings is 2. The minimum atomic E-state index is 0.135. The van der Waals surface area contributed by atoms with Crippen LogP contribution in [-0.2, 0) is 5.41 Å². The molecule has 3 nitrogen and oxygen atoms in total. The molecule has 2 aromatic heterocycles. The van der Waals surface area contributed by atoms with Gasteiger partial charge in [0.1, 0.15) is 17.0 Å². The molecule has 0 atom stereocenters. The Bertz CT molecular complexity index is 1080. The Morgan fingerprint density at radius 3 is 2.30 bits per heavy atom. The molecule has 0 unspecified atom stereocenters. The quantitative estimate of drug-likeness (QED) is 0.405. The first-order valence-electron chi connectivity index (χ1n) is 8.77. The van der Waals surface area contributed by atoms with E-state index in [-0.39, 0.29) is 5.41 Å². The molecule has 0 radical (unpaired) electrons. The summed E-state index contributed by atoms with van der Waals surface area (Å²) in [6.45, 7) is 6.65. The maximum atomic E-state index is 6.04. The van der Waals surface area contributed by atoms with Crippen LogP contribution in [0.25, 0.3) is 21.3 Å². The van der Waals surface area contributed by atoms with E-state index in [2.05, 4.69) is 65.7 Å². The summed E-state index contributed by atoms with van der Waals surface area (Å²) in [5, 5.41) is 7.34. The highest BCUT2D eigenvalue weighted by Crippen LogP contribution is 2.37. The molecule has 136 valence electrons. The van der Waals surface area contributed by atoms with Gasteiger partial charge in [0.25, 0.3) is 0 Å². The average Bonchev–Trinajstić information content (AvgIpc) is 3.07. The van der Waals surface area contributed by atoms with Crippen LogP contribution in [0.3, 0.4) is 0 Å². The number of nitrogens with zero attached hydrogens (tertiary/aromatic N) is 2. The summed E-state index contributed by atoms with van der Waals surface area (Å²) in [4.78, 5) is 9.90. The summed E-state index contributed by atoms with van der Waals surface area (Å²) in [6.07, 6.45) is 1.61. The SMILES string of the molecule is CC(C)(C)c1ccc(Nc2ncnc3scc(-c4ccc(Cl)cc4)c23)cc1. The molecule has 2 heterocycles. The van der Waals surface area contributed by atoms with Gasteiger partial charge >= 0.3 is 0 Å². The summed E-state index contributed by atoms with van der Waals surface area (Å²) in [6, 6.07) is 16.4. The molecule has 2 aromatic carbocycles. The fourth-order valence-corrected chi connectivity index (χ4v) is 4.04. The van der Waals surface area contributed by atoms with Crippen LogP contribution in [0.5, 0.6) is 0 Å². The molecule has 27 heavy (non-hydrogen) atoms. The van der Waals surface area contributed by atoms with Gasteiger partial charge in [-0.3, -0.25) is 0 Å². The number of aromatic nitrogens is 2. The molecular formula is C22H20ClN3S. The Labute approximate surface area is 168 Å². The predicted molar refractivity (Wildman–Crippen MR) is 116 cm³/mol.